The number of hydrogen-bond acceptors (Lipinski definition) is 2. The molecule has 0 radical (unpaired) electrons. The lowest BCUT2D eigenvalue weighted by atomic mass is 9.99. The maximum Gasteiger partial charge on any atom is 0.223 e. The molecule has 1 heterocycles. The highest BCUT2D eigenvalue weighted by atomic mass is 16.2. The van der Waals surface area contributed by atoms with E-state index in [1.165, 1.54) is 23.1 Å². The number of likely N-dealkylation sites (tertiary alicyclic amines) is 1. The molecular formula is C17H26N2O. The molecule has 1 fully saturated rings. The van der Waals surface area contributed by atoms with E-state index in [1.807, 2.05) is 4.90 Å². The average molecular weight is 274 g/mol. The fraction of sp³-hybridized carbons (Fsp3) is 0.588. The van der Waals surface area contributed by atoms with Crippen molar-refractivity contribution in [1.82, 2.24) is 4.90 Å². The summed E-state index contributed by atoms with van der Waals surface area (Å²) in [7, 11) is 0. The first kappa shape index (κ1) is 15.0. The molecule has 2 rings (SSSR count). The van der Waals surface area contributed by atoms with Gasteiger partial charge in [0.2, 0.25) is 5.91 Å². The number of nitrogens with zero attached hydrogens (tertiary/aromatic N) is 1. The van der Waals surface area contributed by atoms with Gasteiger partial charge in [-0.05, 0) is 50.7 Å². The lowest BCUT2D eigenvalue weighted by Gasteiger charge is -2.35. The molecule has 1 aromatic carbocycles. The van der Waals surface area contributed by atoms with E-state index >= 15 is 0 Å². The third-order valence-electron chi connectivity index (χ3n) is 4.33. The summed E-state index contributed by atoms with van der Waals surface area (Å²) in [5, 5.41) is 0. The summed E-state index contributed by atoms with van der Waals surface area (Å²) in [5.74, 6) is 0.264. The topological polar surface area (TPSA) is 46.3 Å². The first-order valence-corrected chi connectivity index (χ1v) is 7.67. The Kier molecular flexibility index (Phi) is 5.18. The van der Waals surface area contributed by atoms with E-state index in [9.17, 15) is 4.79 Å². The Labute approximate surface area is 122 Å². The number of piperidine rings is 1. The summed E-state index contributed by atoms with van der Waals surface area (Å²) in [4.78, 5) is 14.4. The van der Waals surface area contributed by atoms with Gasteiger partial charge in [-0.3, -0.25) is 4.79 Å². The van der Waals surface area contributed by atoms with Crippen LogP contribution >= 0.6 is 0 Å². The zero-order chi connectivity index (χ0) is 14.5. The minimum atomic E-state index is 0.260. The molecule has 1 aromatic rings. The number of benzene rings is 1. The Morgan fingerprint density at radius 2 is 2.15 bits per heavy atom. The number of carbonyl (C=O) groups excluding carboxylic acids is 1. The van der Waals surface area contributed by atoms with Crippen LogP contribution in [0.4, 0.5) is 0 Å². The molecule has 0 aliphatic carbocycles. The van der Waals surface area contributed by atoms with Crippen molar-refractivity contribution in [3.8, 4) is 0 Å². The van der Waals surface area contributed by atoms with Gasteiger partial charge in [0.05, 0.1) is 0 Å². The molecule has 1 unspecified atom stereocenters. The minimum absolute atomic E-state index is 0.260. The molecule has 1 saturated heterocycles. The predicted molar refractivity (Wildman–Crippen MR) is 82.6 cm³/mol. The van der Waals surface area contributed by atoms with Gasteiger partial charge in [0.1, 0.15) is 0 Å². The van der Waals surface area contributed by atoms with Crippen LogP contribution in [0, 0.1) is 13.8 Å². The number of nitrogens with two attached hydrogens (primary N) is 1. The van der Waals surface area contributed by atoms with E-state index in [1.54, 1.807) is 0 Å². The van der Waals surface area contributed by atoms with Crippen molar-refractivity contribution in [1.29, 1.82) is 0 Å². The van der Waals surface area contributed by atoms with Crippen LogP contribution in [0.2, 0.25) is 0 Å². The van der Waals surface area contributed by atoms with Gasteiger partial charge in [-0.1, -0.05) is 23.8 Å². The van der Waals surface area contributed by atoms with Crippen LogP contribution in [0.25, 0.3) is 0 Å². The predicted octanol–water partition coefficient (Wildman–Crippen LogP) is 2.58. The Balaban J connectivity index is 1.94. The molecule has 20 heavy (non-hydrogen) atoms. The standard InChI is InChI=1S/C17H26N2O/c1-13-6-7-15(14(2)11-13)8-9-17(20)19-10-4-3-5-16(19)12-18/h6-7,11,16H,3-5,8-10,12,18H2,1-2H3. The highest BCUT2D eigenvalue weighted by Crippen LogP contribution is 2.19. The van der Waals surface area contributed by atoms with Crippen molar-refractivity contribution in [3.63, 3.8) is 0 Å². The molecule has 1 aliphatic rings. The monoisotopic (exact) mass is 274 g/mol. The van der Waals surface area contributed by atoms with Crippen LogP contribution in [0.15, 0.2) is 18.2 Å². The Morgan fingerprint density at radius 1 is 1.35 bits per heavy atom. The first-order chi connectivity index (χ1) is 9.61. The lowest BCUT2D eigenvalue weighted by Crippen LogP contribution is -2.47. The van der Waals surface area contributed by atoms with Crippen LogP contribution in [0.1, 0.15) is 42.4 Å². The molecule has 3 heteroatoms. The molecule has 0 bridgehead atoms. The van der Waals surface area contributed by atoms with Crippen molar-refractivity contribution in [3.05, 3.63) is 34.9 Å². The minimum Gasteiger partial charge on any atom is -0.338 e. The SMILES string of the molecule is Cc1ccc(CCC(=O)N2CCCCC2CN)c(C)c1. The number of amides is 1. The zero-order valence-electron chi connectivity index (χ0n) is 12.7. The van der Waals surface area contributed by atoms with Crippen LogP contribution in [-0.2, 0) is 11.2 Å². The van der Waals surface area contributed by atoms with Crippen LogP contribution in [-0.4, -0.2) is 29.9 Å². The second-order valence-electron chi connectivity index (χ2n) is 5.90. The van der Waals surface area contributed by atoms with E-state index in [0.29, 0.717) is 13.0 Å². The van der Waals surface area contributed by atoms with Gasteiger partial charge in [0.15, 0.2) is 0 Å². The second-order valence-corrected chi connectivity index (χ2v) is 5.90. The molecule has 2 N–H and O–H groups in total. The van der Waals surface area contributed by atoms with E-state index in [4.69, 9.17) is 5.73 Å². The normalized spacial score (nSPS) is 19.1. The van der Waals surface area contributed by atoms with Gasteiger partial charge in [0, 0.05) is 25.6 Å². The van der Waals surface area contributed by atoms with Gasteiger partial charge in [-0.2, -0.15) is 0 Å². The smallest absolute Gasteiger partial charge is 0.223 e. The van der Waals surface area contributed by atoms with Gasteiger partial charge < -0.3 is 10.6 Å². The van der Waals surface area contributed by atoms with Gasteiger partial charge in [-0.15, -0.1) is 0 Å². The highest BCUT2D eigenvalue weighted by Gasteiger charge is 2.25. The quantitative estimate of drug-likeness (QED) is 0.917. The van der Waals surface area contributed by atoms with E-state index in [-0.39, 0.29) is 11.9 Å². The van der Waals surface area contributed by atoms with Crippen molar-refractivity contribution in [2.45, 2.75) is 52.0 Å². The van der Waals surface area contributed by atoms with Crippen LogP contribution < -0.4 is 5.73 Å². The fourth-order valence-electron chi connectivity index (χ4n) is 3.09. The van der Waals surface area contributed by atoms with Crippen molar-refractivity contribution in [2.75, 3.05) is 13.1 Å². The molecule has 1 amide bonds. The largest absolute Gasteiger partial charge is 0.338 e. The van der Waals surface area contributed by atoms with E-state index in [2.05, 4.69) is 32.0 Å². The third kappa shape index (κ3) is 3.60. The summed E-state index contributed by atoms with van der Waals surface area (Å²) in [6.07, 6.45) is 4.81. The summed E-state index contributed by atoms with van der Waals surface area (Å²) >= 11 is 0. The second kappa shape index (κ2) is 6.89. The maximum atomic E-state index is 12.4. The molecule has 0 saturated carbocycles. The van der Waals surface area contributed by atoms with Gasteiger partial charge >= 0.3 is 0 Å². The molecule has 3 nitrogen and oxygen atoms in total. The number of carbonyl (C=O) groups is 1. The zero-order valence-corrected chi connectivity index (χ0v) is 12.7. The fourth-order valence-corrected chi connectivity index (χ4v) is 3.09. The van der Waals surface area contributed by atoms with Crippen molar-refractivity contribution in [2.24, 2.45) is 5.73 Å². The Morgan fingerprint density at radius 3 is 2.85 bits per heavy atom. The van der Waals surface area contributed by atoms with E-state index in [0.717, 1.165) is 25.8 Å². The van der Waals surface area contributed by atoms with Gasteiger partial charge in [0.25, 0.3) is 0 Å². The maximum absolute atomic E-state index is 12.4. The highest BCUT2D eigenvalue weighted by molar-refractivity contribution is 5.77. The molecule has 1 atom stereocenters. The van der Waals surface area contributed by atoms with Crippen LogP contribution in [0.3, 0.4) is 0 Å². The lowest BCUT2D eigenvalue weighted by molar-refractivity contribution is -0.134. The van der Waals surface area contributed by atoms with Gasteiger partial charge in [-0.25, -0.2) is 0 Å². The summed E-state index contributed by atoms with van der Waals surface area (Å²) in [6, 6.07) is 6.71. The molecular weight excluding hydrogens is 248 g/mol. The summed E-state index contributed by atoms with van der Waals surface area (Å²) in [6.45, 7) is 5.70. The molecule has 1 aliphatic heterocycles. The first-order valence-electron chi connectivity index (χ1n) is 7.67. The number of aryl methyl sites for hydroxylation is 3. The Bertz CT molecular complexity index is 470. The molecule has 0 aromatic heterocycles. The third-order valence-corrected chi connectivity index (χ3v) is 4.33. The number of hydrogen-bond donors (Lipinski definition) is 1. The summed E-state index contributed by atoms with van der Waals surface area (Å²) in [5.41, 5.74) is 9.63. The van der Waals surface area contributed by atoms with Crippen LogP contribution in [0.5, 0.6) is 0 Å². The van der Waals surface area contributed by atoms with Crippen molar-refractivity contribution < 1.29 is 4.79 Å². The van der Waals surface area contributed by atoms with E-state index < -0.39 is 0 Å². The Hall–Kier alpha value is -1.35. The summed E-state index contributed by atoms with van der Waals surface area (Å²) < 4.78 is 0. The van der Waals surface area contributed by atoms with Crippen molar-refractivity contribution >= 4 is 5.91 Å². The average Bonchev–Trinajstić information content (AvgIpc) is 2.46. The molecule has 0 spiro atoms. The molecule has 110 valence electrons. The number of rotatable bonds is 4.